The van der Waals surface area contributed by atoms with Gasteiger partial charge in [0.25, 0.3) is 10.0 Å². The highest BCUT2D eigenvalue weighted by Crippen LogP contribution is 2.39. The summed E-state index contributed by atoms with van der Waals surface area (Å²) in [5.41, 5.74) is 2.91. The van der Waals surface area contributed by atoms with Crippen LogP contribution in [0.15, 0.2) is 70.1 Å². The van der Waals surface area contributed by atoms with Crippen molar-refractivity contribution in [3.63, 3.8) is 0 Å². The lowest BCUT2D eigenvalue weighted by atomic mass is 10.0. The number of hydrogen-bond donors (Lipinski definition) is 1. The smallest absolute Gasteiger partial charge is 0.337 e. The number of aryl methyl sites for hydroxylation is 1. The molecule has 0 radical (unpaired) electrons. The molecule has 39 heavy (non-hydrogen) atoms. The van der Waals surface area contributed by atoms with Crippen LogP contribution < -0.4 is 9.46 Å². The van der Waals surface area contributed by atoms with Crippen molar-refractivity contribution < 1.29 is 27.2 Å². The Kier molecular flexibility index (Phi) is 8.54. The van der Waals surface area contributed by atoms with Crippen molar-refractivity contribution in [1.29, 1.82) is 0 Å². The quantitative estimate of drug-likeness (QED) is 0.205. The van der Waals surface area contributed by atoms with Gasteiger partial charge in [-0.15, -0.1) is 0 Å². The number of aromatic nitrogens is 1. The summed E-state index contributed by atoms with van der Waals surface area (Å²) in [4.78, 5) is 11.7. The minimum absolute atomic E-state index is 0.0299. The van der Waals surface area contributed by atoms with E-state index in [0.717, 1.165) is 0 Å². The molecule has 0 aliphatic rings. The molecule has 0 spiro atoms. The van der Waals surface area contributed by atoms with Crippen LogP contribution in [-0.4, -0.2) is 26.7 Å². The van der Waals surface area contributed by atoms with Gasteiger partial charge in [0, 0.05) is 11.5 Å². The van der Waals surface area contributed by atoms with E-state index in [4.69, 9.17) is 32.5 Å². The average molecular weight is 589 g/mol. The molecule has 0 amide bonds. The number of carbonyl (C=O) groups is 1. The third kappa shape index (κ3) is 6.21. The van der Waals surface area contributed by atoms with Gasteiger partial charge in [-0.05, 0) is 61.0 Å². The summed E-state index contributed by atoms with van der Waals surface area (Å²) in [6.07, 6.45) is 0. The first-order valence-electron chi connectivity index (χ1n) is 11.9. The molecule has 3 aromatic carbocycles. The SMILES string of the molecule is COC(=O)c1cccc(S(=O)(=O)Nc2ccc(OCc3c(-c4c(Cl)cccc4Cl)noc3C(C)C)cc2C)c1. The Balaban J connectivity index is 1.56. The van der Waals surface area contributed by atoms with Gasteiger partial charge in [-0.25, -0.2) is 13.2 Å². The average Bonchev–Trinajstić information content (AvgIpc) is 3.32. The summed E-state index contributed by atoms with van der Waals surface area (Å²) in [5.74, 6) is 0.562. The number of hydrogen-bond acceptors (Lipinski definition) is 7. The van der Waals surface area contributed by atoms with Crippen LogP contribution in [0.2, 0.25) is 10.0 Å². The van der Waals surface area contributed by atoms with Crippen molar-refractivity contribution in [2.24, 2.45) is 0 Å². The number of rotatable bonds is 9. The zero-order valence-electron chi connectivity index (χ0n) is 21.6. The molecule has 1 aromatic heterocycles. The highest BCUT2D eigenvalue weighted by atomic mass is 35.5. The largest absolute Gasteiger partial charge is 0.489 e. The summed E-state index contributed by atoms with van der Waals surface area (Å²) >= 11 is 12.8. The molecule has 204 valence electrons. The maximum atomic E-state index is 13.0. The molecule has 0 aliphatic carbocycles. The third-order valence-corrected chi connectivity index (χ3v) is 7.93. The van der Waals surface area contributed by atoms with E-state index in [-0.39, 0.29) is 23.0 Å². The molecule has 0 unspecified atom stereocenters. The molecule has 0 bridgehead atoms. The van der Waals surface area contributed by atoms with E-state index >= 15 is 0 Å². The second-order valence-electron chi connectivity index (χ2n) is 9.02. The van der Waals surface area contributed by atoms with Gasteiger partial charge in [-0.2, -0.15) is 0 Å². The maximum Gasteiger partial charge on any atom is 0.337 e. The van der Waals surface area contributed by atoms with Crippen molar-refractivity contribution in [2.45, 2.75) is 38.2 Å². The molecule has 1 N–H and O–H groups in total. The second kappa shape index (κ2) is 11.7. The van der Waals surface area contributed by atoms with E-state index in [1.165, 1.54) is 31.4 Å². The predicted octanol–water partition coefficient (Wildman–Crippen LogP) is 7.25. The van der Waals surface area contributed by atoms with E-state index in [1.807, 2.05) is 13.8 Å². The van der Waals surface area contributed by atoms with Crippen LogP contribution in [0.3, 0.4) is 0 Å². The van der Waals surface area contributed by atoms with Crippen molar-refractivity contribution in [3.8, 4) is 17.0 Å². The molecule has 1 heterocycles. The fraction of sp³-hybridized carbons (Fsp3) is 0.214. The fourth-order valence-electron chi connectivity index (χ4n) is 3.94. The van der Waals surface area contributed by atoms with Crippen LogP contribution in [0.25, 0.3) is 11.3 Å². The normalized spacial score (nSPS) is 11.5. The van der Waals surface area contributed by atoms with Crippen molar-refractivity contribution >= 4 is 44.9 Å². The first kappa shape index (κ1) is 28.5. The number of nitrogens with zero attached hydrogens (tertiary/aromatic N) is 1. The Labute approximate surface area is 236 Å². The molecule has 11 heteroatoms. The molecule has 4 rings (SSSR count). The number of ether oxygens (including phenoxy) is 2. The van der Waals surface area contributed by atoms with Gasteiger partial charge in [-0.1, -0.05) is 54.3 Å². The van der Waals surface area contributed by atoms with Crippen LogP contribution in [0.5, 0.6) is 5.75 Å². The van der Waals surface area contributed by atoms with Gasteiger partial charge in [-0.3, -0.25) is 4.72 Å². The lowest BCUT2D eigenvalue weighted by molar-refractivity contribution is 0.0600. The molecule has 0 aliphatic heterocycles. The van der Waals surface area contributed by atoms with Gasteiger partial charge in [0.1, 0.15) is 23.8 Å². The zero-order valence-corrected chi connectivity index (χ0v) is 23.9. The number of sulfonamides is 1. The van der Waals surface area contributed by atoms with Crippen LogP contribution >= 0.6 is 23.2 Å². The first-order chi connectivity index (χ1) is 18.5. The van der Waals surface area contributed by atoms with Crippen LogP contribution in [-0.2, 0) is 21.4 Å². The van der Waals surface area contributed by atoms with Gasteiger partial charge >= 0.3 is 5.97 Å². The maximum absolute atomic E-state index is 13.0. The molecule has 0 atom stereocenters. The van der Waals surface area contributed by atoms with Crippen LogP contribution in [0.4, 0.5) is 5.69 Å². The summed E-state index contributed by atoms with van der Waals surface area (Å²) in [6.45, 7) is 5.84. The number of carbonyl (C=O) groups excluding carboxylic acids is 1. The first-order valence-corrected chi connectivity index (χ1v) is 14.1. The number of esters is 1. The van der Waals surface area contributed by atoms with E-state index in [1.54, 1.807) is 43.3 Å². The van der Waals surface area contributed by atoms with E-state index in [0.29, 0.717) is 49.6 Å². The number of methoxy groups -OCH3 is 1. The summed E-state index contributed by atoms with van der Waals surface area (Å²) in [6, 6.07) is 15.8. The minimum atomic E-state index is -3.96. The Morgan fingerprint density at radius 1 is 1.05 bits per heavy atom. The van der Waals surface area contributed by atoms with E-state index < -0.39 is 16.0 Å². The topological polar surface area (TPSA) is 108 Å². The highest BCUT2D eigenvalue weighted by Gasteiger charge is 2.24. The van der Waals surface area contributed by atoms with E-state index in [9.17, 15) is 13.2 Å². The van der Waals surface area contributed by atoms with Gasteiger partial charge in [0.05, 0.1) is 38.9 Å². The number of halogens is 2. The van der Waals surface area contributed by atoms with Crippen LogP contribution in [0.1, 0.15) is 47.0 Å². The molecule has 0 fully saturated rings. The lowest BCUT2D eigenvalue weighted by Crippen LogP contribution is -2.14. The number of nitrogens with one attached hydrogen (secondary N) is 1. The van der Waals surface area contributed by atoms with Crippen molar-refractivity contribution in [2.75, 3.05) is 11.8 Å². The van der Waals surface area contributed by atoms with Gasteiger partial charge in [0.15, 0.2) is 0 Å². The van der Waals surface area contributed by atoms with Crippen LogP contribution in [0, 0.1) is 6.92 Å². The molecule has 8 nitrogen and oxygen atoms in total. The monoisotopic (exact) mass is 588 g/mol. The molecular formula is C28H26Cl2N2O6S. The molecule has 0 saturated carbocycles. The van der Waals surface area contributed by atoms with Gasteiger partial charge < -0.3 is 14.0 Å². The predicted molar refractivity (Wildman–Crippen MR) is 150 cm³/mol. The molecular weight excluding hydrogens is 563 g/mol. The summed E-state index contributed by atoms with van der Waals surface area (Å²) in [5, 5.41) is 5.12. The third-order valence-electron chi connectivity index (χ3n) is 5.93. The summed E-state index contributed by atoms with van der Waals surface area (Å²) in [7, 11) is -2.73. The fourth-order valence-corrected chi connectivity index (χ4v) is 5.70. The molecule has 0 saturated heterocycles. The Hall–Kier alpha value is -3.53. The zero-order chi connectivity index (χ0) is 28.3. The highest BCUT2D eigenvalue weighted by molar-refractivity contribution is 7.92. The Morgan fingerprint density at radius 2 is 1.74 bits per heavy atom. The van der Waals surface area contributed by atoms with Gasteiger partial charge in [0.2, 0.25) is 0 Å². The lowest BCUT2D eigenvalue weighted by Gasteiger charge is -2.14. The number of anilines is 1. The number of benzene rings is 3. The standard InChI is InChI=1S/C28H26Cl2N2O6S/c1-16(2)27-21(26(31-38-27)25-22(29)9-6-10-23(25)30)15-37-19-11-12-24(17(3)13-19)32-39(34,35)20-8-5-7-18(14-20)28(33)36-4/h5-14,16,32H,15H2,1-4H3. The Morgan fingerprint density at radius 3 is 2.38 bits per heavy atom. The van der Waals surface area contributed by atoms with Crippen molar-refractivity contribution in [1.82, 2.24) is 5.16 Å². The molecule has 4 aromatic rings. The Bertz CT molecular complexity index is 1610. The summed E-state index contributed by atoms with van der Waals surface area (Å²) < 4.78 is 44.9. The van der Waals surface area contributed by atoms with Crippen molar-refractivity contribution in [3.05, 3.63) is 93.2 Å². The van der Waals surface area contributed by atoms with E-state index in [2.05, 4.69) is 14.6 Å². The minimum Gasteiger partial charge on any atom is -0.489 e. The second-order valence-corrected chi connectivity index (χ2v) is 11.5.